The number of benzene rings is 1. The fourth-order valence-electron chi connectivity index (χ4n) is 1.01. The van der Waals surface area contributed by atoms with E-state index in [1.54, 1.807) is 0 Å². The Hall–Kier alpha value is -1.60. The van der Waals surface area contributed by atoms with Crippen molar-refractivity contribution in [3.05, 3.63) is 24.3 Å². The molecule has 0 atom stereocenters. The van der Waals surface area contributed by atoms with Crippen molar-refractivity contribution in [2.75, 3.05) is 13.2 Å². The normalized spacial score (nSPS) is 12.3. The quantitative estimate of drug-likeness (QED) is 0.781. The molecule has 0 amide bonds. The molecular formula is C10H8F6O2. The van der Waals surface area contributed by atoms with Crippen LogP contribution in [-0.2, 0) is 0 Å². The second-order valence-electron chi connectivity index (χ2n) is 3.25. The zero-order chi connectivity index (χ0) is 13.8. The molecule has 0 aromatic heterocycles. The monoisotopic (exact) mass is 274 g/mol. The Morgan fingerprint density at radius 3 is 1.33 bits per heavy atom. The zero-order valence-electron chi connectivity index (χ0n) is 8.81. The Bertz CT molecular complexity index is 348. The zero-order valence-corrected chi connectivity index (χ0v) is 8.81. The van der Waals surface area contributed by atoms with Crippen LogP contribution in [0.4, 0.5) is 26.3 Å². The number of para-hydroxylation sites is 2. The molecule has 8 heteroatoms. The van der Waals surface area contributed by atoms with E-state index in [4.69, 9.17) is 0 Å². The third-order valence-corrected chi connectivity index (χ3v) is 1.63. The Morgan fingerprint density at radius 2 is 1.06 bits per heavy atom. The van der Waals surface area contributed by atoms with Gasteiger partial charge in [-0.2, -0.15) is 26.3 Å². The van der Waals surface area contributed by atoms with Crippen molar-refractivity contribution in [3.63, 3.8) is 0 Å². The molecule has 2 nitrogen and oxygen atoms in total. The standard InChI is InChI=1S/C10H8F6O2/c11-9(12,13)5-17-7-3-1-2-4-8(7)18-6-10(14,15)16/h1-4H,5-6H2. The summed E-state index contributed by atoms with van der Waals surface area (Å²) in [7, 11) is 0. The molecule has 1 rings (SSSR count). The third kappa shape index (κ3) is 5.65. The molecule has 0 fully saturated rings. The summed E-state index contributed by atoms with van der Waals surface area (Å²) in [6, 6.07) is 4.84. The highest BCUT2D eigenvalue weighted by Gasteiger charge is 2.30. The van der Waals surface area contributed by atoms with Crippen LogP contribution in [0.1, 0.15) is 0 Å². The van der Waals surface area contributed by atoms with Gasteiger partial charge in [0.1, 0.15) is 0 Å². The van der Waals surface area contributed by atoms with Crippen LogP contribution in [0.5, 0.6) is 11.5 Å². The largest absolute Gasteiger partial charge is 0.480 e. The van der Waals surface area contributed by atoms with E-state index >= 15 is 0 Å². The van der Waals surface area contributed by atoms with Crippen molar-refractivity contribution >= 4 is 0 Å². The van der Waals surface area contributed by atoms with Gasteiger partial charge in [0.2, 0.25) is 0 Å². The Kier molecular flexibility index (Phi) is 4.31. The first kappa shape index (κ1) is 14.5. The van der Waals surface area contributed by atoms with Crippen LogP contribution < -0.4 is 9.47 Å². The molecule has 18 heavy (non-hydrogen) atoms. The predicted octanol–water partition coefficient (Wildman–Crippen LogP) is 3.57. The topological polar surface area (TPSA) is 18.5 Å². The van der Waals surface area contributed by atoms with Crippen molar-refractivity contribution in [3.8, 4) is 11.5 Å². The van der Waals surface area contributed by atoms with E-state index in [0.717, 1.165) is 12.1 Å². The van der Waals surface area contributed by atoms with Gasteiger partial charge in [0.15, 0.2) is 24.7 Å². The Morgan fingerprint density at radius 1 is 0.722 bits per heavy atom. The summed E-state index contributed by atoms with van der Waals surface area (Å²) < 4.78 is 80.1. The van der Waals surface area contributed by atoms with E-state index in [1.165, 1.54) is 12.1 Å². The van der Waals surface area contributed by atoms with E-state index in [0.29, 0.717) is 0 Å². The summed E-state index contributed by atoms with van der Waals surface area (Å²) in [6.45, 7) is -3.20. The number of ether oxygens (including phenoxy) is 2. The van der Waals surface area contributed by atoms with Gasteiger partial charge in [-0.1, -0.05) is 12.1 Å². The molecular weight excluding hydrogens is 266 g/mol. The number of rotatable bonds is 4. The fourth-order valence-corrected chi connectivity index (χ4v) is 1.01. The highest BCUT2D eigenvalue weighted by Crippen LogP contribution is 2.29. The molecule has 1 aromatic carbocycles. The van der Waals surface area contributed by atoms with Crippen LogP contribution in [0.2, 0.25) is 0 Å². The second kappa shape index (κ2) is 5.36. The van der Waals surface area contributed by atoms with Gasteiger partial charge in [0.25, 0.3) is 0 Å². The van der Waals surface area contributed by atoms with E-state index < -0.39 is 25.6 Å². The van der Waals surface area contributed by atoms with Gasteiger partial charge in [-0.15, -0.1) is 0 Å². The maximum absolute atomic E-state index is 11.9. The Labute approximate surface area is 98.1 Å². The smallest absolute Gasteiger partial charge is 0.422 e. The lowest BCUT2D eigenvalue weighted by molar-refractivity contribution is -0.158. The molecule has 0 radical (unpaired) electrons. The van der Waals surface area contributed by atoms with Gasteiger partial charge >= 0.3 is 12.4 Å². The molecule has 0 aliphatic heterocycles. The van der Waals surface area contributed by atoms with Crippen LogP contribution in [-0.4, -0.2) is 25.6 Å². The summed E-state index contributed by atoms with van der Waals surface area (Å²) in [4.78, 5) is 0. The maximum atomic E-state index is 11.9. The van der Waals surface area contributed by atoms with E-state index in [9.17, 15) is 26.3 Å². The Balaban J connectivity index is 2.68. The van der Waals surface area contributed by atoms with E-state index in [-0.39, 0.29) is 11.5 Å². The summed E-state index contributed by atoms with van der Waals surface area (Å²) in [5, 5.41) is 0. The van der Waals surface area contributed by atoms with Crippen LogP contribution in [0.25, 0.3) is 0 Å². The SMILES string of the molecule is FC(F)(F)COc1ccccc1OCC(F)(F)F. The molecule has 0 N–H and O–H groups in total. The lowest BCUT2D eigenvalue weighted by Crippen LogP contribution is -2.21. The van der Waals surface area contributed by atoms with Gasteiger partial charge < -0.3 is 9.47 Å². The van der Waals surface area contributed by atoms with Crippen LogP contribution >= 0.6 is 0 Å². The first-order chi connectivity index (χ1) is 8.17. The van der Waals surface area contributed by atoms with Crippen LogP contribution in [0, 0.1) is 0 Å². The molecule has 0 saturated carbocycles. The third-order valence-electron chi connectivity index (χ3n) is 1.63. The number of hydrogen-bond acceptors (Lipinski definition) is 2. The van der Waals surface area contributed by atoms with Crippen molar-refractivity contribution in [1.29, 1.82) is 0 Å². The molecule has 102 valence electrons. The molecule has 0 heterocycles. The maximum Gasteiger partial charge on any atom is 0.422 e. The van der Waals surface area contributed by atoms with E-state index in [1.807, 2.05) is 0 Å². The molecule has 0 bridgehead atoms. The van der Waals surface area contributed by atoms with Gasteiger partial charge in [-0.05, 0) is 12.1 Å². The molecule has 0 aliphatic rings. The minimum Gasteiger partial charge on any atom is -0.480 e. The van der Waals surface area contributed by atoms with Crippen molar-refractivity contribution < 1.29 is 35.8 Å². The average Bonchev–Trinajstić information content (AvgIpc) is 2.22. The van der Waals surface area contributed by atoms with Gasteiger partial charge in [-0.3, -0.25) is 0 Å². The first-order valence-corrected chi connectivity index (χ1v) is 4.65. The van der Waals surface area contributed by atoms with Crippen molar-refractivity contribution in [2.24, 2.45) is 0 Å². The predicted molar refractivity (Wildman–Crippen MR) is 49.5 cm³/mol. The average molecular weight is 274 g/mol. The highest BCUT2D eigenvalue weighted by molar-refractivity contribution is 5.39. The molecule has 1 aromatic rings. The number of halogens is 6. The summed E-state index contributed by atoms with van der Waals surface area (Å²) >= 11 is 0. The van der Waals surface area contributed by atoms with E-state index in [2.05, 4.69) is 9.47 Å². The minimum absolute atomic E-state index is 0.390. The lowest BCUT2D eigenvalue weighted by atomic mass is 10.3. The lowest BCUT2D eigenvalue weighted by Gasteiger charge is -2.14. The molecule has 0 unspecified atom stereocenters. The summed E-state index contributed by atoms with van der Waals surface area (Å²) in [6.07, 6.45) is -9.14. The first-order valence-electron chi connectivity index (χ1n) is 4.65. The van der Waals surface area contributed by atoms with Crippen molar-refractivity contribution in [1.82, 2.24) is 0 Å². The summed E-state index contributed by atoms with van der Waals surface area (Å²) in [5.41, 5.74) is 0. The second-order valence-corrected chi connectivity index (χ2v) is 3.25. The fraction of sp³-hybridized carbons (Fsp3) is 0.400. The molecule has 0 aliphatic carbocycles. The highest BCUT2D eigenvalue weighted by atomic mass is 19.4. The molecule has 0 saturated heterocycles. The van der Waals surface area contributed by atoms with Crippen molar-refractivity contribution in [2.45, 2.75) is 12.4 Å². The van der Waals surface area contributed by atoms with Gasteiger partial charge in [-0.25, -0.2) is 0 Å². The van der Waals surface area contributed by atoms with Crippen LogP contribution in [0.15, 0.2) is 24.3 Å². The van der Waals surface area contributed by atoms with Crippen LogP contribution in [0.3, 0.4) is 0 Å². The van der Waals surface area contributed by atoms with Gasteiger partial charge in [0.05, 0.1) is 0 Å². The van der Waals surface area contributed by atoms with Gasteiger partial charge in [0, 0.05) is 0 Å². The summed E-state index contributed by atoms with van der Waals surface area (Å²) in [5.74, 6) is -0.779. The number of alkyl halides is 6. The minimum atomic E-state index is -4.57. The number of hydrogen-bond donors (Lipinski definition) is 0. The molecule has 0 spiro atoms.